The molecular formula is C20H30OS. The van der Waals surface area contributed by atoms with Gasteiger partial charge in [0.05, 0.1) is 5.60 Å². The largest absolute Gasteiger partial charge is 0.385 e. The normalized spacial score (nSPS) is 31.2. The Labute approximate surface area is 139 Å². The van der Waals surface area contributed by atoms with Gasteiger partial charge >= 0.3 is 0 Å². The summed E-state index contributed by atoms with van der Waals surface area (Å²) in [5.41, 5.74) is 2.01. The molecule has 0 radical (unpaired) electrons. The second kappa shape index (κ2) is 7.40. The lowest BCUT2D eigenvalue weighted by molar-refractivity contribution is 0.00812. The minimum absolute atomic E-state index is 0.568. The van der Waals surface area contributed by atoms with Gasteiger partial charge in [0.2, 0.25) is 0 Å². The third-order valence-electron chi connectivity index (χ3n) is 5.38. The molecule has 1 aromatic rings. The van der Waals surface area contributed by atoms with Crippen LogP contribution in [0.15, 0.2) is 24.3 Å². The van der Waals surface area contributed by atoms with E-state index in [0.29, 0.717) is 10.5 Å². The van der Waals surface area contributed by atoms with Crippen molar-refractivity contribution >= 4 is 11.8 Å². The fourth-order valence-corrected chi connectivity index (χ4v) is 5.99. The minimum atomic E-state index is -0.568. The molecule has 0 aromatic heterocycles. The lowest BCUT2D eigenvalue weighted by Gasteiger charge is -2.44. The maximum atomic E-state index is 11.2. The fraction of sp³-hybridized carbons (Fsp3) is 0.700. The lowest BCUT2D eigenvalue weighted by Crippen LogP contribution is -2.40. The Hall–Kier alpha value is -0.470. The molecule has 2 heterocycles. The molecule has 0 spiro atoms. The standard InChI is InChI=1S/C20H30OS/c1-2-3-4-5-7-16-10-12-17(13-11-16)20(21)14-18-8-6-9-19(15-20)22-18/h10-13,18-19,21H,2-9,14-15H2,1H3. The van der Waals surface area contributed by atoms with Crippen molar-refractivity contribution in [2.45, 2.75) is 87.2 Å². The predicted molar refractivity (Wildman–Crippen MR) is 96.4 cm³/mol. The van der Waals surface area contributed by atoms with Crippen LogP contribution in [0, 0.1) is 0 Å². The Morgan fingerprint density at radius 3 is 2.36 bits per heavy atom. The first-order valence-corrected chi connectivity index (χ1v) is 10.1. The summed E-state index contributed by atoms with van der Waals surface area (Å²) < 4.78 is 0. The molecule has 2 unspecified atom stereocenters. The monoisotopic (exact) mass is 318 g/mol. The average Bonchev–Trinajstić information content (AvgIpc) is 2.52. The number of rotatable bonds is 6. The highest BCUT2D eigenvalue weighted by atomic mass is 32.2. The zero-order valence-corrected chi connectivity index (χ0v) is 14.7. The van der Waals surface area contributed by atoms with Crippen molar-refractivity contribution in [2.75, 3.05) is 0 Å². The topological polar surface area (TPSA) is 20.2 Å². The molecule has 0 amide bonds. The molecule has 2 fully saturated rings. The quantitative estimate of drug-likeness (QED) is 0.704. The van der Waals surface area contributed by atoms with E-state index < -0.39 is 5.60 Å². The van der Waals surface area contributed by atoms with Gasteiger partial charge in [-0.1, -0.05) is 56.9 Å². The maximum absolute atomic E-state index is 11.2. The Bertz CT molecular complexity index is 455. The van der Waals surface area contributed by atoms with Crippen LogP contribution in [0.1, 0.15) is 75.8 Å². The number of fused-ring (bicyclic) bond motifs is 2. The van der Waals surface area contributed by atoms with Crippen LogP contribution in [0.4, 0.5) is 0 Å². The number of hydrogen-bond donors (Lipinski definition) is 1. The molecule has 2 bridgehead atoms. The Kier molecular flexibility index (Phi) is 5.51. The van der Waals surface area contributed by atoms with Crippen LogP contribution in [0.5, 0.6) is 0 Å². The molecule has 2 atom stereocenters. The zero-order valence-electron chi connectivity index (χ0n) is 13.9. The summed E-state index contributed by atoms with van der Waals surface area (Å²) >= 11 is 2.13. The highest BCUT2D eigenvalue weighted by Crippen LogP contribution is 2.49. The number of aryl methyl sites for hydroxylation is 1. The van der Waals surface area contributed by atoms with E-state index in [-0.39, 0.29) is 0 Å². The molecular weight excluding hydrogens is 288 g/mol. The van der Waals surface area contributed by atoms with Gasteiger partial charge in [0.1, 0.15) is 0 Å². The van der Waals surface area contributed by atoms with Gasteiger partial charge in [-0.05, 0) is 49.7 Å². The van der Waals surface area contributed by atoms with Crippen LogP contribution >= 0.6 is 11.8 Å². The smallest absolute Gasteiger partial charge is 0.0917 e. The van der Waals surface area contributed by atoms with Gasteiger partial charge in [0.25, 0.3) is 0 Å². The highest BCUT2D eigenvalue weighted by molar-refractivity contribution is 8.00. The molecule has 2 saturated heterocycles. The first-order valence-electron chi connectivity index (χ1n) is 9.17. The van der Waals surface area contributed by atoms with Gasteiger partial charge in [0.15, 0.2) is 0 Å². The van der Waals surface area contributed by atoms with Crippen LogP contribution in [-0.2, 0) is 12.0 Å². The molecule has 0 aliphatic carbocycles. The summed E-state index contributed by atoms with van der Waals surface area (Å²) in [7, 11) is 0. The van der Waals surface area contributed by atoms with Crippen LogP contribution < -0.4 is 0 Å². The van der Waals surface area contributed by atoms with Crippen LogP contribution in [0.25, 0.3) is 0 Å². The number of aliphatic hydroxyl groups is 1. The van der Waals surface area contributed by atoms with E-state index in [2.05, 4.69) is 43.0 Å². The van der Waals surface area contributed by atoms with E-state index in [1.54, 1.807) is 0 Å². The molecule has 2 heteroatoms. The van der Waals surface area contributed by atoms with Crippen molar-refractivity contribution in [3.8, 4) is 0 Å². The first-order chi connectivity index (χ1) is 10.7. The van der Waals surface area contributed by atoms with Gasteiger partial charge in [-0.15, -0.1) is 0 Å². The summed E-state index contributed by atoms with van der Waals surface area (Å²) in [6.07, 6.45) is 12.3. The van der Waals surface area contributed by atoms with E-state index in [9.17, 15) is 5.11 Å². The number of hydrogen-bond acceptors (Lipinski definition) is 2. The molecule has 0 saturated carbocycles. The summed E-state index contributed by atoms with van der Waals surface area (Å²) in [6.45, 7) is 2.26. The number of unbranched alkanes of at least 4 members (excludes halogenated alkanes) is 3. The summed E-state index contributed by atoms with van der Waals surface area (Å²) in [4.78, 5) is 0. The van der Waals surface area contributed by atoms with Gasteiger partial charge in [-0.3, -0.25) is 0 Å². The van der Waals surface area contributed by atoms with E-state index in [4.69, 9.17) is 0 Å². The van der Waals surface area contributed by atoms with Gasteiger partial charge in [0, 0.05) is 10.5 Å². The molecule has 3 rings (SSSR count). The van der Waals surface area contributed by atoms with Crippen LogP contribution in [-0.4, -0.2) is 15.6 Å². The Balaban J connectivity index is 1.62. The lowest BCUT2D eigenvalue weighted by atomic mass is 9.80. The SMILES string of the molecule is CCCCCCc1ccc(C2(O)CC3CCCC(C2)S3)cc1. The van der Waals surface area contributed by atoms with Crippen molar-refractivity contribution in [3.63, 3.8) is 0 Å². The van der Waals surface area contributed by atoms with Crippen LogP contribution in [0.2, 0.25) is 0 Å². The van der Waals surface area contributed by atoms with Crippen molar-refractivity contribution in [1.82, 2.24) is 0 Å². The third kappa shape index (κ3) is 3.89. The molecule has 1 N–H and O–H groups in total. The van der Waals surface area contributed by atoms with Gasteiger partial charge in [-0.25, -0.2) is 0 Å². The third-order valence-corrected chi connectivity index (χ3v) is 6.95. The first kappa shape index (κ1) is 16.4. The van der Waals surface area contributed by atoms with Crippen molar-refractivity contribution < 1.29 is 5.11 Å². The maximum Gasteiger partial charge on any atom is 0.0917 e. The van der Waals surface area contributed by atoms with E-state index in [0.717, 1.165) is 18.4 Å². The van der Waals surface area contributed by atoms with Crippen molar-refractivity contribution in [2.24, 2.45) is 0 Å². The molecule has 122 valence electrons. The summed E-state index contributed by atoms with van der Waals surface area (Å²) in [5.74, 6) is 0. The summed E-state index contributed by atoms with van der Waals surface area (Å²) in [6, 6.07) is 8.88. The van der Waals surface area contributed by atoms with Crippen molar-refractivity contribution in [3.05, 3.63) is 35.4 Å². The molecule has 22 heavy (non-hydrogen) atoms. The molecule has 1 nitrogen and oxygen atoms in total. The second-order valence-corrected chi connectivity index (χ2v) is 8.86. The minimum Gasteiger partial charge on any atom is -0.385 e. The molecule has 1 aromatic carbocycles. The highest BCUT2D eigenvalue weighted by Gasteiger charge is 2.42. The average molecular weight is 319 g/mol. The Morgan fingerprint density at radius 2 is 1.73 bits per heavy atom. The molecule has 2 aliphatic heterocycles. The van der Waals surface area contributed by atoms with Crippen molar-refractivity contribution in [1.29, 1.82) is 0 Å². The van der Waals surface area contributed by atoms with Gasteiger partial charge < -0.3 is 5.11 Å². The fourth-order valence-electron chi connectivity index (χ4n) is 4.09. The van der Waals surface area contributed by atoms with E-state index >= 15 is 0 Å². The number of thioether (sulfide) groups is 1. The second-order valence-electron chi connectivity index (χ2n) is 7.26. The summed E-state index contributed by atoms with van der Waals surface area (Å²) in [5, 5.41) is 12.5. The van der Waals surface area contributed by atoms with Crippen LogP contribution in [0.3, 0.4) is 0 Å². The zero-order chi connectivity index (χ0) is 15.4. The number of benzene rings is 1. The van der Waals surface area contributed by atoms with E-state index in [1.807, 2.05) is 0 Å². The molecule has 2 aliphatic rings. The van der Waals surface area contributed by atoms with E-state index in [1.165, 1.54) is 56.9 Å². The Morgan fingerprint density at radius 1 is 1.05 bits per heavy atom. The predicted octanol–water partition coefficient (Wildman–Crippen LogP) is 5.45. The van der Waals surface area contributed by atoms with Gasteiger partial charge in [-0.2, -0.15) is 11.8 Å².